The smallest absolute Gasteiger partial charge is 0.354 e. The SMILES string of the molecule is COCF.FCF.FCOF.FOC(F)(F)F. The number of halogens is 9. The molecule has 0 atom stereocenters. The summed E-state index contributed by atoms with van der Waals surface area (Å²) < 4.78 is 94.0. The van der Waals surface area contributed by atoms with E-state index in [1.165, 1.54) is 12.1 Å². The molecule has 0 aliphatic carbocycles. The number of rotatable bonds is 2. The van der Waals surface area contributed by atoms with Crippen LogP contribution >= 0.6 is 0 Å². The van der Waals surface area contributed by atoms with E-state index in [0.29, 0.717) is 0 Å². The molecule has 0 heterocycles. The lowest BCUT2D eigenvalue weighted by Crippen LogP contribution is -2.05. The lowest BCUT2D eigenvalue weighted by atomic mass is 11.4. The molecule has 0 fully saturated rings. The number of hydrogen-bond acceptors (Lipinski definition) is 3. The van der Waals surface area contributed by atoms with Gasteiger partial charge in [0, 0.05) is 7.11 Å². The highest BCUT2D eigenvalue weighted by Crippen LogP contribution is 2.15. The Bertz CT molecular complexity index is 93.1. The zero-order valence-corrected chi connectivity index (χ0v) is 8.25. The maximum Gasteiger partial charge on any atom is 0.553 e. The molecule has 0 aliphatic rings. The standard InChI is InChI=1S/C2H5FO.CF4O.CH2F2O.CH2F2/c1-4-2-3;2-1(3,4)6-5;2-1-4-3;2-1-3/h2H2,1H3;;1H2;1H2. The third-order valence-electron chi connectivity index (χ3n) is 0.238. The molecule has 0 aromatic rings. The fourth-order valence-corrected chi connectivity index (χ4v) is 0. The molecule has 0 aromatic heterocycles. The van der Waals surface area contributed by atoms with Crippen molar-refractivity contribution in [2.75, 3.05) is 27.8 Å². The normalized spacial score (nSPS) is 8.82. The first-order valence-electron chi connectivity index (χ1n) is 3.13. The van der Waals surface area contributed by atoms with Crippen LogP contribution < -0.4 is 0 Å². The van der Waals surface area contributed by atoms with Crippen LogP contribution in [0.5, 0.6) is 0 Å². The average molecular weight is 288 g/mol. The van der Waals surface area contributed by atoms with E-state index in [1.807, 2.05) is 0 Å². The van der Waals surface area contributed by atoms with Crippen LogP contribution in [0.3, 0.4) is 0 Å². The quantitative estimate of drug-likeness (QED) is 0.726. The summed E-state index contributed by atoms with van der Waals surface area (Å²) in [6.07, 6.45) is -5.12. The molecule has 0 radical (unpaired) electrons. The van der Waals surface area contributed by atoms with Crippen LogP contribution in [0.4, 0.5) is 39.8 Å². The average Bonchev–Trinajstić information content (AvgIpc) is 2.30. The van der Waals surface area contributed by atoms with Crippen molar-refractivity contribution < 1.29 is 54.4 Å². The zero-order chi connectivity index (χ0) is 14.7. The van der Waals surface area contributed by atoms with Crippen LogP contribution in [0.25, 0.3) is 0 Å². The van der Waals surface area contributed by atoms with E-state index in [0.717, 1.165) is 0 Å². The highest BCUT2D eigenvalue weighted by atomic mass is 19.5. The van der Waals surface area contributed by atoms with Crippen molar-refractivity contribution >= 4 is 0 Å². The second-order valence-corrected chi connectivity index (χ2v) is 1.24. The summed E-state index contributed by atoms with van der Waals surface area (Å²) in [5.74, 6) is 0. The van der Waals surface area contributed by atoms with Crippen molar-refractivity contribution in [3.63, 3.8) is 0 Å². The Kier molecular flexibility index (Phi) is 36.2. The highest BCUT2D eigenvalue weighted by molar-refractivity contribution is 4.11. The second kappa shape index (κ2) is 24.5. The molecule has 0 unspecified atom stereocenters. The van der Waals surface area contributed by atoms with Gasteiger partial charge in [0.05, 0.1) is 0 Å². The van der Waals surface area contributed by atoms with Gasteiger partial charge in [-0.1, -0.05) is 4.94 Å². The predicted molar refractivity (Wildman–Crippen MR) is 36.5 cm³/mol. The van der Waals surface area contributed by atoms with E-state index < -0.39 is 27.0 Å². The van der Waals surface area contributed by atoms with Crippen molar-refractivity contribution in [2.45, 2.75) is 6.36 Å². The Morgan fingerprint density at radius 2 is 1.06 bits per heavy atom. The summed E-state index contributed by atoms with van der Waals surface area (Å²) in [5, 5.41) is 0. The molecule has 12 heteroatoms. The number of alkyl halides is 7. The van der Waals surface area contributed by atoms with Crippen molar-refractivity contribution in [3.05, 3.63) is 0 Å². The fourth-order valence-electron chi connectivity index (χ4n) is 0. The van der Waals surface area contributed by atoms with Gasteiger partial charge in [-0.25, -0.2) is 17.6 Å². The van der Waals surface area contributed by atoms with E-state index in [4.69, 9.17) is 0 Å². The minimum absolute atomic E-state index is 0.681. The third-order valence-corrected chi connectivity index (χ3v) is 0.238. The van der Waals surface area contributed by atoms with Gasteiger partial charge in [-0.15, -0.1) is 13.2 Å². The van der Waals surface area contributed by atoms with E-state index in [1.54, 1.807) is 0 Å². The molecule has 17 heavy (non-hydrogen) atoms. The van der Waals surface area contributed by atoms with Gasteiger partial charge in [-0.05, 0) is 9.05 Å². The summed E-state index contributed by atoms with van der Waals surface area (Å²) >= 11 is 0. The fraction of sp³-hybridized carbons (Fsp3) is 1.00. The van der Waals surface area contributed by atoms with Gasteiger partial charge < -0.3 is 4.74 Å². The van der Waals surface area contributed by atoms with Crippen LogP contribution in [0.2, 0.25) is 0 Å². The van der Waals surface area contributed by atoms with Gasteiger partial charge in [-0.3, -0.25) is 0 Å². The summed E-state index contributed by atoms with van der Waals surface area (Å²) in [6.45, 7) is -3.78. The molecular formula is C5H9F9O3. The first-order valence-corrected chi connectivity index (χ1v) is 3.13. The molecule has 0 bridgehead atoms. The van der Waals surface area contributed by atoms with Gasteiger partial charge in [0.1, 0.15) is 0 Å². The van der Waals surface area contributed by atoms with Crippen molar-refractivity contribution in [2.24, 2.45) is 0 Å². The molecule has 110 valence electrons. The van der Waals surface area contributed by atoms with Crippen molar-refractivity contribution in [1.82, 2.24) is 0 Å². The van der Waals surface area contributed by atoms with Gasteiger partial charge in [-0.2, -0.15) is 4.94 Å². The molecule has 0 amide bonds. The van der Waals surface area contributed by atoms with E-state index in [2.05, 4.69) is 9.68 Å². The topological polar surface area (TPSA) is 27.7 Å². The number of ether oxygens (including phenoxy) is 1. The Morgan fingerprint density at radius 1 is 0.882 bits per heavy atom. The molecular weight excluding hydrogens is 279 g/mol. The largest absolute Gasteiger partial charge is 0.553 e. The lowest BCUT2D eigenvalue weighted by molar-refractivity contribution is -0.416. The molecule has 0 N–H and O–H groups in total. The predicted octanol–water partition coefficient (Wildman–Crippen LogP) is 3.66. The lowest BCUT2D eigenvalue weighted by Gasteiger charge is -1.91. The molecule has 3 nitrogen and oxygen atoms in total. The molecule has 0 saturated carbocycles. The van der Waals surface area contributed by atoms with Crippen LogP contribution in [-0.4, -0.2) is 34.1 Å². The highest BCUT2D eigenvalue weighted by Gasteiger charge is 2.30. The van der Waals surface area contributed by atoms with E-state index in [9.17, 15) is 39.8 Å². The van der Waals surface area contributed by atoms with Crippen LogP contribution in [0.15, 0.2) is 0 Å². The van der Waals surface area contributed by atoms with Gasteiger partial charge in [0.25, 0.3) is 0 Å². The summed E-state index contributed by atoms with van der Waals surface area (Å²) in [4.78, 5) is 3.81. The molecule has 0 aromatic carbocycles. The molecule has 0 rings (SSSR count). The minimum atomic E-state index is -5.12. The van der Waals surface area contributed by atoms with Gasteiger partial charge in [0.15, 0.2) is 6.86 Å². The maximum absolute atomic E-state index is 10.5. The van der Waals surface area contributed by atoms with E-state index in [-0.39, 0.29) is 0 Å². The Morgan fingerprint density at radius 3 is 1.06 bits per heavy atom. The first kappa shape index (κ1) is 25.2. The summed E-state index contributed by atoms with van der Waals surface area (Å²) in [6, 6.07) is 0. The number of methoxy groups -OCH3 is 1. The van der Waals surface area contributed by atoms with Crippen LogP contribution in [0.1, 0.15) is 0 Å². The van der Waals surface area contributed by atoms with Crippen LogP contribution in [-0.2, 0) is 14.6 Å². The van der Waals surface area contributed by atoms with Crippen LogP contribution in [0, 0.1) is 0 Å². The van der Waals surface area contributed by atoms with Crippen molar-refractivity contribution in [3.8, 4) is 0 Å². The summed E-state index contributed by atoms with van der Waals surface area (Å²) in [7, 11) is 1.31. The van der Waals surface area contributed by atoms with E-state index >= 15 is 0 Å². The molecule has 0 spiro atoms. The first-order chi connectivity index (χ1) is 7.80. The Labute approximate surface area is 89.8 Å². The maximum atomic E-state index is 10.5. The summed E-state index contributed by atoms with van der Waals surface area (Å²) in [5.41, 5.74) is 0. The molecule has 0 aliphatic heterocycles. The third kappa shape index (κ3) is 148. The Balaban J connectivity index is -0.0000000688. The minimum Gasteiger partial charge on any atom is -0.354 e. The van der Waals surface area contributed by atoms with Gasteiger partial charge >= 0.3 is 6.36 Å². The molecule has 0 saturated heterocycles. The monoisotopic (exact) mass is 288 g/mol. The number of hydrogen-bond donors (Lipinski definition) is 0. The van der Waals surface area contributed by atoms with Gasteiger partial charge in [0.2, 0.25) is 13.8 Å². The van der Waals surface area contributed by atoms with Crippen molar-refractivity contribution in [1.29, 1.82) is 0 Å². The Hall–Kier alpha value is -0.750. The zero-order valence-electron chi connectivity index (χ0n) is 8.25. The second-order valence-electron chi connectivity index (χ2n) is 1.24.